The first-order valence-electron chi connectivity index (χ1n) is 5.65. The zero-order valence-corrected chi connectivity index (χ0v) is 11.8. The van der Waals surface area contributed by atoms with Crippen molar-refractivity contribution in [2.24, 2.45) is 5.73 Å². The molecule has 1 aromatic carbocycles. The highest BCUT2D eigenvalue weighted by Gasteiger charge is 2.22. The number of hydrogen-bond acceptors (Lipinski definition) is 4. The first-order valence-corrected chi connectivity index (χ1v) is 7.09. The van der Waals surface area contributed by atoms with Crippen LogP contribution in [0.1, 0.15) is 5.56 Å². The summed E-state index contributed by atoms with van der Waals surface area (Å²) in [6.07, 6.45) is 0. The monoisotopic (exact) mass is 272 g/mol. The van der Waals surface area contributed by atoms with Gasteiger partial charge in [0.1, 0.15) is 0 Å². The van der Waals surface area contributed by atoms with Crippen LogP contribution in [0.25, 0.3) is 0 Å². The van der Waals surface area contributed by atoms with E-state index in [0.29, 0.717) is 6.61 Å². The number of aryl methyl sites for hydroxylation is 1. The molecule has 1 rings (SSSR count). The van der Waals surface area contributed by atoms with Gasteiger partial charge in [0.05, 0.1) is 11.5 Å². The number of likely N-dealkylation sites (N-methyl/N-ethyl adjacent to an activating group) is 1. The molecule has 0 spiro atoms. The molecule has 0 saturated heterocycles. The van der Waals surface area contributed by atoms with Crippen molar-refractivity contribution < 1.29 is 13.2 Å². The minimum atomic E-state index is -3.47. The molecule has 18 heavy (non-hydrogen) atoms. The summed E-state index contributed by atoms with van der Waals surface area (Å²) in [6, 6.07) is 6.41. The number of ether oxygens (including phenoxy) is 1. The Bertz CT molecular complexity index is 471. The van der Waals surface area contributed by atoms with Crippen LogP contribution in [-0.2, 0) is 14.8 Å². The van der Waals surface area contributed by atoms with Gasteiger partial charge in [-0.05, 0) is 19.1 Å². The Morgan fingerprint density at radius 1 is 1.33 bits per heavy atom. The lowest BCUT2D eigenvalue weighted by Gasteiger charge is -2.20. The van der Waals surface area contributed by atoms with Crippen molar-refractivity contribution >= 4 is 10.0 Å². The molecule has 0 radical (unpaired) electrons. The lowest BCUT2D eigenvalue weighted by molar-refractivity contribution is 0.173. The fraction of sp³-hybridized carbons (Fsp3) is 0.500. The predicted molar refractivity (Wildman–Crippen MR) is 70.8 cm³/mol. The maximum absolute atomic E-state index is 12.2. The van der Waals surface area contributed by atoms with Crippen molar-refractivity contribution in [1.82, 2.24) is 4.31 Å². The minimum Gasteiger partial charge on any atom is -0.383 e. The summed E-state index contributed by atoms with van der Waals surface area (Å²) in [6.45, 7) is 2.46. The Hall–Kier alpha value is -0.950. The highest BCUT2D eigenvalue weighted by molar-refractivity contribution is 7.89. The van der Waals surface area contributed by atoms with Crippen LogP contribution in [0, 0.1) is 6.92 Å². The molecular weight excluding hydrogens is 252 g/mol. The minimum absolute atomic E-state index is 0.226. The first-order chi connectivity index (χ1) is 8.37. The zero-order chi connectivity index (χ0) is 13.8. The second kappa shape index (κ2) is 6.29. The molecule has 1 atom stereocenters. The standard InChI is InChI=1S/C12H20N2O3S/c1-10-4-6-12(7-5-10)18(15,16)14(2)8-11(13)9-17-3/h4-7,11H,8-9,13H2,1-3H3. The third kappa shape index (κ3) is 3.78. The van der Waals surface area contributed by atoms with Crippen LogP contribution in [-0.4, -0.2) is 46.1 Å². The van der Waals surface area contributed by atoms with Gasteiger partial charge in [0.25, 0.3) is 0 Å². The molecular formula is C12H20N2O3S. The van der Waals surface area contributed by atoms with E-state index < -0.39 is 10.0 Å². The van der Waals surface area contributed by atoms with Gasteiger partial charge in [0, 0.05) is 26.7 Å². The van der Waals surface area contributed by atoms with E-state index in [-0.39, 0.29) is 17.5 Å². The van der Waals surface area contributed by atoms with Crippen LogP contribution in [0.5, 0.6) is 0 Å². The largest absolute Gasteiger partial charge is 0.383 e. The van der Waals surface area contributed by atoms with E-state index in [9.17, 15) is 8.42 Å². The van der Waals surface area contributed by atoms with Crippen LogP contribution < -0.4 is 5.73 Å². The molecule has 0 bridgehead atoms. The Morgan fingerprint density at radius 2 is 1.89 bits per heavy atom. The molecule has 0 aromatic heterocycles. The summed E-state index contributed by atoms with van der Waals surface area (Å²) >= 11 is 0. The van der Waals surface area contributed by atoms with Crippen LogP contribution in [0.3, 0.4) is 0 Å². The molecule has 102 valence electrons. The Morgan fingerprint density at radius 3 is 2.39 bits per heavy atom. The number of nitrogens with two attached hydrogens (primary N) is 1. The fourth-order valence-electron chi connectivity index (χ4n) is 1.59. The van der Waals surface area contributed by atoms with Crippen LogP contribution in [0.2, 0.25) is 0 Å². The van der Waals surface area contributed by atoms with Crippen molar-refractivity contribution in [3.8, 4) is 0 Å². The Balaban J connectivity index is 2.83. The van der Waals surface area contributed by atoms with Gasteiger partial charge in [0.2, 0.25) is 10.0 Å². The summed E-state index contributed by atoms with van der Waals surface area (Å²) < 4.78 is 30.6. The third-order valence-corrected chi connectivity index (χ3v) is 4.44. The molecule has 0 aliphatic heterocycles. The molecule has 1 unspecified atom stereocenters. The van der Waals surface area contributed by atoms with Crippen molar-refractivity contribution in [3.05, 3.63) is 29.8 Å². The van der Waals surface area contributed by atoms with Crippen molar-refractivity contribution in [3.63, 3.8) is 0 Å². The molecule has 0 heterocycles. The van der Waals surface area contributed by atoms with E-state index >= 15 is 0 Å². The molecule has 0 amide bonds. The van der Waals surface area contributed by atoms with Crippen LogP contribution in [0.4, 0.5) is 0 Å². The van der Waals surface area contributed by atoms with Gasteiger partial charge in [0.15, 0.2) is 0 Å². The molecule has 0 aliphatic carbocycles. The van der Waals surface area contributed by atoms with Gasteiger partial charge in [-0.15, -0.1) is 0 Å². The quantitative estimate of drug-likeness (QED) is 0.822. The first kappa shape index (κ1) is 15.1. The van der Waals surface area contributed by atoms with Gasteiger partial charge in [-0.1, -0.05) is 17.7 Å². The van der Waals surface area contributed by atoms with E-state index in [1.807, 2.05) is 6.92 Å². The van der Waals surface area contributed by atoms with E-state index in [2.05, 4.69) is 0 Å². The average Bonchev–Trinajstić information content (AvgIpc) is 2.29. The SMILES string of the molecule is COCC(N)CN(C)S(=O)(=O)c1ccc(C)cc1. The highest BCUT2D eigenvalue weighted by atomic mass is 32.2. The summed E-state index contributed by atoms with van der Waals surface area (Å²) in [5.41, 5.74) is 6.77. The molecule has 1 aromatic rings. The van der Waals surface area contributed by atoms with Crippen LogP contribution in [0.15, 0.2) is 29.2 Å². The van der Waals surface area contributed by atoms with E-state index in [1.54, 1.807) is 24.3 Å². The number of rotatable bonds is 6. The number of methoxy groups -OCH3 is 1. The maximum atomic E-state index is 12.2. The Labute approximate surface area is 109 Å². The smallest absolute Gasteiger partial charge is 0.242 e. The lowest BCUT2D eigenvalue weighted by Crippen LogP contribution is -2.41. The third-order valence-electron chi connectivity index (χ3n) is 2.60. The lowest BCUT2D eigenvalue weighted by atomic mass is 10.2. The normalized spacial score (nSPS) is 13.8. The van der Waals surface area contributed by atoms with Gasteiger partial charge >= 0.3 is 0 Å². The summed E-state index contributed by atoms with van der Waals surface area (Å²) in [4.78, 5) is 0.278. The summed E-state index contributed by atoms with van der Waals surface area (Å²) in [7, 11) is -0.417. The summed E-state index contributed by atoms with van der Waals surface area (Å²) in [5.74, 6) is 0. The van der Waals surface area contributed by atoms with Gasteiger partial charge in [-0.2, -0.15) is 4.31 Å². The second-order valence-corrected chi connectivity index (χ2v) is 6.36. The summed E-state index contributed by atoms with van der Waals surface area (Å²) in [5, 5.41) is 0. The average molecular weight is 272 g/mol. The fourth-order valence-corrected chi connectivity index (χ4v) is 2.81. The van der Waals surface area contributed by atoms with E-state index in [4.69, 9.17) is 10.5 Å². The predicted octanol–water partition coefficient (Wildman–Crippen LogP) is 0.589. The number of sulfonamides is 1. The molecule has 5 nitrogen and oxygen atoms in total. The van der Waals surface area contributed by atoms with Crippen LogP contribution >= 0.6 is 0 Å². The number of nitrogens with zero attached hydrogens (tertiary/aromatic N) is 1. The van der Waals surface area contributed by atoms with Gasteiger partial charge < -0.3 is 10.5 Å². The Kier molecular flexibility index (Phi) is 5.28. The van der Waals surface area contributed by atoms with Gasteiger partial charge in [-0.25, -0.2) is 8.42 Å². The maximum Gasteiger partial charge on any atom is 0.242 e. The van der Waals surface area contributed by atoms with Crippen molar-refractivity contribution in [2.75, 3.05) is 27.3 Å². The van der Waals surface area contributed by atoms with Gasteiger partial charge in [-0.3, -0.25) is 0 Å². The molecule has 2 N–H and O–H groups in total. The second-order valence-electron chi connectivity index (χ2n) is 4.31. The highest BCUT2D eigenvalue weighted by Crippen LogP contribution is 2.14. The molecule has 0 aliphatic rings. The van der Waals surface area contributed by atoms with E-state index in [1.165, 1.54) is 18.5 Å². The topological polar surface area (TPSA) is 72.6 Å². The molecule has 0 fully saturated rings. The zero-order valence-electron chi connectivity index (χ0n) is 11.0. The molecule has 0 saturated carbocycles. The number of benzene rings is 1. The van der Waals surface area contributed by atoms with E-state index in [0.717, 1.165) is 5.56 Å². The molecule has 6 heteroatoms. The number of hydrogen-bond donors (Lipinski definition) is 1. The van der Waals surface area contributed by atoms with Crippen molar-refractivity contribution in [2.45, 2.75) is 17.9 Å². The van der Waals surface area contributed by atoms with Crippen molar-refractivity contribution in [1.29, 1.82) is 0 Å².